The van der Waals surface area contributed by atoms with E-state index in [4.69, 9.17) is 9.84 Å². The Morgan fingerprint density at radius 2 is 1.77 bits per heavy atom. The largest absolute Gasteiger partial charge is 0.491 e. The van der Waals surface area contributed by atoms with Gasteiger partial charge < -0.3 is 20.3 Å². The second kappa shape index (κ2) is 9.39. The van der Waals surface area contributed by atoms with Crippen molar-refractivity contribution in [2.24, 2.45) is 0 Å². The third-order valence-electron chi connectivity index (χ3n) is 3.67. The van der Waals surface area contributed by atoms with Crippen LogP contribution in [0.15, 0.2) is 61.2 Å². The maximum absolute atomic E-state index is 12.2. The van der Waals surface area contributed by atoms with Crippen molar-refractivity contribution in [2.45, 2.75) is 12.5 Å². The van der Waals surface area contributed by atoms with Crippen LogP contribution in [0.1, 0.15) is 26.3 Å². The number of para-hydroxylation sites is 1. The Kier molecular flexibility index (Phi) is 6.93. The van der Waals surface area contributed by atoms with Crippen molar-refractivity contribution in [3.8, 4) is 5.75 Å². The molecule has 0 aliphatic carbocycles. The third-order valence-corrected chi connectivity index (χ3v) is 3.67. The third kappa shape index (κ3) is 5.19. The number of carboxylic acids is 1. The zero-order valence-corrected chi connectivity index (χ0v) is 14.2. The summed E-state index contributed by atoms with van der Waals surface area (Å²) in [7, 11) is 0. The van der Waals surface area contributed by atoms with E-state index in [1.807, 2.05) is 18.2 Å². The number of rotatable bonds is 9. The standard InChI is InChI=1S/C20H21NO5/c1-2-7-14-8-3-6-11-18(14)26-13-15(22)12-21-19(23)16-9-4-5-10-17(16)20(24)25/h2-6,8-11,15,22H,1,7,12-13H2,(H,21,23)(H,24,25)/t15-/m1/s1. The van der Waals surface area contributed by atoms with Crippen molar-refractivity contribution in [3.63, 3.8) is 0 Å². The molecule has 0 saturated heterocycles. The number of benzene rings is 2. The van der Waals surface area contributed by atoms with Crippen LogP contribution in [0.25, 0.3) is 0 Å². The van der Waals surface area contributed by atoms with Gasteiger partial charge in [-0.1, -0.05) is 36.4 Å². The van der Waals surface area contributed by atoms with Crippen molar-refractivity contribution in [2.75, 3.05) is 13.2 Å². The van der Waals surface area contributed by atoms with Gasteiger partial charge in [0, 0.05) is 6.54 Å². The lowest BCUT2D eigenvalue weighted by Gasteiger charge is -2.15. The lowest BCUT2D eigenvalue weighted by molar-refractivity contribution is 0.0689. The highest BCUT2D eigenvalue weighted by molar-refractivity contribution is 6.04. The molecule has 136 valence electrons. The van der Waals surface area contributed by atoms with Crippen LogP contribution in [-0.4, -0.2) is 41.3 Å². The van der Waals surface area contributed by atoms with E-state index < -0.39 is 18.0 Å². The molecular weight excluding hydrogens is 334 g/mol. The minimum absolute atomic E-state index is 0.00495. The minimum atomic E-state index is -1.18. The number of aliphatic hydroxyl groups is 1. The van der Waals surface area contributed by atoms with Crippen molar-refractivity contribution in [3.05, 3.63) is 77.9 Å². The Bertz CT molecular complexity index is 787. The highest BCUT2D eigenvalue weighted by Crippen LogP contribution is 2.18. The van der Waals surface area contributed by atoms with Crippen LogP contribution in [0.3, 0.4) is 0 Å². The molecule has 26 heavy (non-hydrogen) atoms. The second-order valence-corrected chi connectivity index (χ2v) is 5.63. The van der Waals surface area contributed by atoms with Gasteiger partial charge in [-0.25, -0.2) is 4.79 Å². The van der Waals surface area contributed by atoms with Gasteiger partial charge in [-0.3, -0.25) is 4.79 Å². The summed E-state index contributed by atoms with van der Waals surface area (Å²) < 4.78 is 5.61. The number of ether oxygens (including phenoxy) is 1. The Morgan fingerprint density at radius 1 is 1.12 bits per heavy atom. The summed E-state index contributed by atoms with van der Waals surface area (Å²) >= 11 is 0. The molecule has 0 fully saturated rings. The van der Waals surface area contributed by atoms with Crippen LogP contribution >= 0.6 is 0 Å². The molecule has 0 spiro atoms. The first-order valence-electron chi connectivity index (χ1n) is 8.13. The first kappa shape index (κ1) is 19.2. The average molecular weight is 355 g/mol. The predicted octanol–water partition coefficient (Wildman–Crippen LogP) is 2.28. The molecule has 3 N–H and O–H groups in total. The van der Waals surface area contributed by atoms with E-state index in [-0.39, 0.29) is 24.3 Å². The fourth-order valence-corrected chi connectivity index (χ4v) is 2.39. The molecule has 0 radical (unpaired) electrons. The molecule has 0 aromatic heterocycles. The number of carbonyl (C=O) groups is 2. The molecule has 6 heteroatoms. The van der Waals surface area contributed by atoms with Crippen LogP contribution < -0.4 is 10.1 Å². The van der Waals surface area contributed by atoms with Crippen molar-refractivity contribution < 1.29 is 24.5 Å². The number of aromatic carboxylic acids is 1. The van der Waals surface area contributed by atoms with E-state index in [9.17, 15) is 14.7 Å². The highest BCUT2D eigenvalue weighted by atomic mass is 16.5. The molecule has 1 amide bonds. The molecule has 0 aliphatic rings. The monoisotopic (exact) mass is 355 g/mol. The Hall–Kier alpha value is -3.12. The number of hydrogen-bond donors (Lipinski definition) is 3. The van der Waals surface area contributed by atoms with Crippen LogP contribution in [0.2, 0.25) is 0 Å². The molecule has 2 aromatic carbocycles. The molecule has 0 heterocycles. The minimum Gasteiger partial charge on any atom is -0.491 e. The Balaban J connectivity index is 1.89. The van der Waals surface area contributed by atoms with Gasteiger partial charge in [0.25, 0.3) is 5.91 Å². The summed E-state index contributed by atoms with van der Waals surface area (Å²) in [6.07, 6.45) is 1.47. The second-order valence-electron chi connectivity index (χ2n) is 5.63. The van der Waals surface area contributed by atoms with E-state index in [2.05, 4.69) is 11.9 Å². The van der Waals surface area contributed by atoms with Gasteiger partial charge in [0.1, 0.15) is 18.5 Å². The molecule has 2 aromatic rings. The lowest BCUT2D eigenvalue weighted by Crippen LogP contribution is -2.36. The lowest BCUT2D eigenvalue weighted by atomic mass is 10.1. The quantitative estimate of drug-likeness (QED) is 0.600. The maximum atomic E-state index is 12.2. The number of amides is 1. The maximum Gasteiger partial charge on any atom is 0.336 e. The zero-order valence-electron chi connectivity index (χ0n) is 14.2. The number of aliphatic hydroxyl groups excluding tert-OH is 1. The van der Waals surface area contributed by atoms with Gasteiger partial charge in [-0.2, -0.15) is 0 Å². The molecule has 1 atom stereocenters. The molecule has 0 unspecified atom stereocenters. The molecular formula is C20H21NO5. The first-order chi connectivity index (χ1) is 12.5. The summed E-state index contributed by atoms with van der Waals surface area (Å²) in [5.74, 6) is -1.10. The van der Waals surface area contributed by atoms with Crippen LogP contribution in [0, 0.1) is 0 Å². The van der Waals surface area contributed by atoms with E-state index >= 15 is 0 Å². The fraction of sp³-hybridized carbons (Fsp3) is 0.200. The van der Waals surface area contributed by atoms with Crippen molar-refractivity contribution in [1.29, 1.82) is 0 Å². The number of nitrogens with one attached hydrogen (secondary N) is 1. The summed E-state index contributed by atoms with van der Waals surface area (Å²) in [5.41, 5.74) is 0.910. The smallest absolute Gasteiger partial charge is 0.336 e. The highest BCUT2D eigenvalue weighted by Gasteiger charge is 2.16. The average Bonchev–Trinajstić information content (AvgIpc) is 2.65. The van der Waals surface area contributed by atoms with E-state index in [1.54, 1.807) is 24.3 Å². The van der Waals surface area contributed by atoms with E-state index in [1.165, 1.54) is 12.1 Å². The van der Waals surface area contributed by atoms with Crippen LogP contribution in [0.4, 0.5) is 0 Å². The topological polar surface area (TPSA) is 95.9 Å². The van der Waals surface area contributed by atoms with Gasteiger partial charge in [-0.05, 0) is 30.2 Å². The summed E-state index contributed by atoms with van der Waals surface area (Å²) in [4.78, 5) is 23.3. The number of allylic oxidation sites excluding steroid dienone is 1. The number of carbonyl (C=O) groups excluding carboxylic acids is 1. The predicted molar refractivity (Wildman–Crippen MR) is 97.6 cm³/mol. The summed E-state index contributed by atoms with van der Waals surface area (Å²) in [6.45, 7) is 3.63. The molecule has 2 rings (SSSR count). The fourth-order valence-electron chi connectivity index (χ4n) is 2.39. The first-order valence-corrected chi connectivity index (χ1v) is 8.13. The van der Waals surface area contributed by atoms with Crippen molar-refractivity contribution in [1.82, 2.24) is 5.32 Å². The Morgan fingerprint density at radius 3 is 2.46 bits per heavy atom. The molecule has 0 aliphatic heterocycles. The summed E-state index contributed by atoms with van der Waals surface area (Å²) in [5, 5.41) is 21.7. The molecule has 0 saturated carbocycles. The normalized spacial score (nSPS) is 11.4. The van der Waals surface area contributed by atoms with Gasteiger partial charge in [0.15, 0.2) is 0 Å². The Labute approximate surface area is 151 Å². The van der Waals surface area contributed by atoms with E-state index in [0.717, 1.165) is 5.56 Å². The summed E-state index contributed by atoms with van der Waals surface area (Å²) in [6, 6.07) is 13.3. The van der Waals surface area contributed by atoms with Crippen LogP contribution in [-0.2, 0) is 6.42 Å². The SMILES string of the molecule is C=CCc1ccccc1OC[C@H](O)CNC(=O)c1ccccc1C(=O)O. The zero-order chi connectivity index (χ0) is 18.9. The van der Waals surface area contributed by atoms with Gasteiger partial charge >= 0.3 is 5.97 Å². The van der Waals surface area contributed by atoms with Gasteiger partial charge in [0.2, 0.25) is 0 Å². The van der Waals surface area contributed by atoms with E-state index in [0.29, 0.717) is 12.2 Å². The van der Waals surface area contributed by atoms with Crippen LogP contribution in [0.5, 0.6) is 5.75 Å². The van der Waals surface area contributed by atoms with Gasteiger partial charge in [0.05, 0.1) is 11.1 Å². The molecule has 0 bridgehead atoms. The number of hydrogen-bond acceptors (Lipinski definition) is 4. The van der Waals surface area contributed by atoms with Gasteiger partial charge in [-0.15, -0.1) is 6.58 Å². The molecule has 6 nitrogen and oxygen atoms in total. The van der Waals surface area contributed by atoms with Crippen molar-refractivity contribution >= 4 is 11.9 Å². The number of carboxylic acid groups (broad SMARTS) is 1.